The van der Waals surface area contributed by atoms with Gasteiger partial charge < -0.3 is 42.1 Å². The zero-order valence-corrected chi connectivity index (χ0v) is 41.0. The topological polar surface area (TPSA) is 278 Å². The number of rotatable bonds is 6. The Morgan fingerprint density at radius 3 is 0.722 bits per heavy atom. The van der Waals surface area contributed by atoms with E-state index < -0.39 is 60.5 Å². The third-order valence-corrected chi connectivity index (χ3v) is 13.4. The van der Waals surface area contributed by atoms with Gasteiger partial charge in [-0.2, -0.15) is 13.7 Å². The third kappa shape index (κ3) is 11.2. The number of carboxylic acids is 2. The van der Waals surface area contributed by atoms with Crippen LogP contribution in [0.3, 0.4) is 0 Å². The van der Waals surface area contributed by atoms with Gasteiger partial charge in [-0.1, -0.05) is 0 Å². The number of Topliss-reactive ketones (excluding diaryl/α,β-unsaturated/α-hetero) is 1. The van der Waals surface area contributed by atoms with Gasteiger partial charge in [0.25, 0.3) is 35.4 Å². The molecule has 72 heavy (non-hydrogen) atoms. The van der Waals surface area contributed by atoms with E-state index in [0.717, 1.165) is 0 Å². The zero-order chi connectivity index (χ0) is 52.3. The number of hydrogen-bond donors (Lipinski definition) is 8. The fourth-order valence-corrected chi connectivity index (χ4v) is 9.49. The van der Waals surface area contributed by atoms with Crippen molar-refractivity contribution in [3.05, 3.63) is 156 Å². The molecule has 0 aliphatic carbocycles. The predicted octanol–water partition coefficient (Wildman–Crippen LogP) is 1.36. The molecule has 6 heterocycles. The third-order valence-electron chi connectivity index (χ3n) is 13.4. The molecule has 0 fully saturated rings. The van der Waals surface area contributed by atoms with E-state index in [-0.39, 0.29) is 85.0 Å². The predicted molar refractivity (Wildman–Crippen MR) is 254 cm³/mol. The Balaban J connectivity index is 1.48. The second-order valence-corrected chi connectivity index (χ2v) is 18.2. The van der Waals surface area contributed by atoms with Crippen molar-refractivity contribution in [2.24, 2.45) is 0 Å². The number of amides is 6. The molecule has 0 unspecified atom stereocenters. The Hall–Kier alpha value is -8.68. The first-order valence-electron chi connectivity index (χ1n) is 23.0. The van der Waals surface area contributed by atoms with Crippen LogP contribution in [0.15, 0.2) is 55.4 Å². The molecule has 372 valence electrons. The average molecular weight is 983 g/mol. The van der Waals surface area contributed by atoms with Crippen molar-refractivity contribution in [1.29, 1.82) is 0 Å². The van der Waals surface area contributed by atoms with Crippen LogP contribution in [0.1, 0.15) is 136 Å². The van der Waals surface area contributed by atoms with E-state index in [2.05, 4.69) is 31.9 Å². The summed E-state index contributed by atoms with van der Waals surface area (Å²) >= 11 is 0. The van der Waals surface area contributed by atoms with Gasteiger partial charge in [-0.3, -0.25) is 33.6 Å². The maximum absolute atomic E-state index is 14.2. The lowest BCUT2D eigenvalue weighted by atomic mass is 9.87. The Kier molecular flexibility index (Phi) is 15.0. The van der Waals surface area contributed by atoms with E-state index in [1.165, 1.54) is 76.0 Å². The number of carbonyl (C=O) groups is 9. The average Bonchev–Trinajstić information content (AvgIpc) is 3.31. The summed E-state index contributed by atoms with van der Waals surface area (Å²) in [6.07, 6.45) is 8.24. The summed E-state index contributed by atoms with van der Waals surface area (Å²) in [6, 6.07) is 4.14. The van der Waals surface area contributed by atoms with Gasteiger partial charge >= 0.3 is 11.9 Å². The van der Waals surface area contributed by atoms with Crippen LogP contribution in [0.5, 0.6) is 0 Å². The van der Waals surface area contributed by atoms with E-state index in [1.807, 2.05) is 27.7 Å². The van der Waals surface area contributed by atoms with E-state index in [0.29, 0.717) is 66.8 Å². The number of pyridine rings is 3. The second-order valence-electron chi connectivity index (χ2n) is 18.2. The Morgan fingerprint density at radius 2 is 0.556 bits per heavy atom. The van der Waals surface area contributed by atoms with Crippen molar-refractivity contribution in [2.45, 2.75) is 107 Å². The first kappa shape index (κ1) is 51.2. The molecule has 8 rings (SSSR count). The molecule has 5 aromatic rings. The maximum Gasteiger partial charge on any atom is 0.370 e. The molecule has 8 N–H and O–H groups in total. The monoisotopic (exact) mass is 982 g/mol. The van der Waals surface area contributed by atoms with Gasteiger partial charge in [0.05, 0.1) is 0 Å². The number of hydrogen-bond acceptors (Lipinski definition) is 9. The van der Waals surface area contributed by atoms with Gasteiger partial charge in [0.1, 0.15) is 33.4 Å². The summed E-state index contributed by atoms with van der Waals surface area (Å²) in [5, 5.41) is 37.1. The number of aromatic nitrogens is 3. The zero-order valence-electron chi connectivity index (χ0n) is 41.0. The Bertz CT molecular complexity index is 2650. The van der Waals surface area contributed by atoms with Crippen LogP contribution in [0.2, 0.25) is 0 Å². The molecule has 3 aliphatic heterocycles. The van der Waals surface area contributed by atoms with Crippen molar-refractivity contribution in [1.82, 2.24) is 31.9 Å². The van der Waals surface area contributed by atoms with Crippen LogP contribution in [0.4, 0.5) is 0 Å². The van der Waals surface area contributed by atoms with Gasteiger partial charge in [-0.15, -0.1) is 0 Å². The van der Waals surface area contributed by atoms with Gasteiger partial charge in [0.2, 0.25) is 19.6 Å². The first-order chi connectivity index (χ1) is 34.1. The maximum atomic E-state index is 14.2. The van der Waals surface area contributed by atoms with Gasteiger partial charge in [0, 0.05) is 46.2 Å². The fourth-order valence-electron chi connectivity index (χ4n) is 9.49. The lowest BCUT2D eigenvalue weighted by Crippen LogP contribution is -2.41. The standard InChI is InChI=1S/C52H53N9O11/c1-26(62)17-59-18-33-8-34(19-59)48(68)54-12-40-29(4)43-15-57-51(71)36-9-35(20-60(21-36)24-45(63)64)49(69)55-13-41-27(2)39(11-53-47(33)67)28(3)42(31(41)6)14-56-50(70)37-10-38(23-61(22-37)25-46(65)66)52(72)58-16-44(30(40)5)32(43)7/h8-10,18-23H,11-17,24-25H2,1-7H3,(H5-3,53,54,55,56,57,58,63,64,65,66,67,68,69,70,71,72)/p+3. The van der Waals surface area contributed by atoms with Gasteiger partial charge in [0.15, 0.2) is 43.0 Å². The fraction of sp³-hybridized carbons (Fsp3) is 0.308. The van der Waals surface area contributed by atoms with Crippen LogP contribution >= 0.6 is 0 Å². The summed E-state index contributed by atoms with van der Waals surface area (Å²) < 4.78 is 3.92. The number of carbonyl (C=O) groups excluding carboxylic acids is 7. The smallest absolute Gasteiger partial charge is 0.370 e. The van der Waals surface area contributed by atoms with Crippen LogP contribution in [0, 0.1) is 41.5 Å². The molecule has 3 aliphatic rings. The highest BCUT2D eigenvalue weighted by Gasteiger charge is 2.27. The molecule has 12 bridgehead atoms. The second kappa shape index (κ2) is 21.1. The summed E-state index contributed by atoms with van der Waals surface area (Å²) in [6.45, 7) is 10.4. The number of carboxylic acid groups (broad SMARTS) is 2. The lowest BCUT2D eigenvalue weighted by Gasteiger charge is -2.24. The number of benzene rings is 2. The van der Waals surface area contributed by atoms with E-state index in [9.17, 15) is 53.4 Å². The lowest BCUT2D eigenvalue weighted by molar-refractivity contribution is -0.686. The Morgan fingerprint density at radius 1 is 0.375 bits per heavy atom. The van der Waals surface area contributed by atoms with E-state index in [1.54, 1.807) is 13.8 Å². The summed E-state index contributed by atoms with van der Waals surface area (Å²) in [5.41, 5.74) is 7.80. The van der Waals surface area contributed by atoms with Crippen molar-refractivity contribution in [2.75, 3.05) is 0 Å². The summed E-state index contributed by atoms with van der Waals surface area (Å²) in [5.74, 6) is -6.31. The number of fused-ring (bicyclic) bond motifs is 12. The summed E-state index contributed by atoms with van der Waals surface area (Å²) in [7, 11) is 0. The molecule has 0 saturated heterocycles. The highest BCUT2D eigenvalue weighted by Crippen LogP contribution is 2.30. The molecule has 0 atom stereocenters. The molecular formula is C52H56N9O11+3. The SMILES string of the molecule is CC(=O)C[n+]1cc2cc(c1)C(=O)NCc1c(C)c3c(C)c(c1C)CNC(=O)c1cc(c[n+](CC(=O)O)c1)C(=O)NCc1c(C)c(c(C)c(c1C)CNC(=O)c1cc(c[n+](CC(=O)O)c1)C(=O)NC3)CNC2=O. The molecule has 0 radical (unpaired) electrons. The molecule has 20 heteroatoms. The number of nitrogens with zero attached hydrogens (tertiary/aromatic N) is 3. The van der Waals surface area contributed by atoms with Crippen molar-refractivity contribution in [3.63, 3.8) is 0 Å². The molecule has 0 saturated carbocycles. The van der Waals surface area contributed by atoms with E-state index in [4.69, 9.17) is 0 Å². The van der Waals surface area contributed by atoms with Gasteiger partial charge in [-0.05, 0) is 127 Å². The van der Waals surface area contributed by atoms with Crippen LogP contribution in [-0.2, 0) is 73.3 Å². The highest BCUT2D eigenvalue weighted by atomic mass is 16.4. The molecular weight excluding hydrogens is 927 g/mol. The Labute approximate surface area is 413 Å². The summed E-state index contributed by atoms with van der Waals surface area (Å²) in [4.78, 5) is 121. The number of aliphatic carboxylic acids is 2. The minimum atomic E-state index is -1.22. The molecule has 2 aromatic carbocycles. The number of nitrogens with one attached hydrogen (secondary N) is 6. The minimum absolute atomic E-state index is 0.0134. The highest BCUT2D eigenvalue weighted by molar-refractivity contribution is 6.01. The molecule has 6 amide bonds. The molecule has 0 spiro atoms. The minimum Gasteiger partial charge on any atom is -0.477 e. The largest absolute Gasteiger partial charge is 0.477 e. The molecule has 20 nitrogen and oxygen atoms in total. The number of ketones is 1. The van der Waals surface area contributed by atoms with Crippen LogP contribution < -0.4 is 45.6 Å². The van der Waals surface area contributed by atoms with Crippen LogP contribution in [-0.4, -0.2) is 63.4 Å². The first-order valence-corrected chi connectivity index (χ1v) is 23.0. The van der Waals surface area contributed by atoms with E-state index >= 15 is 0 Å². The van der Waals surface area contributed by atoms with Crippen molar-refractivity contribution in [3.8, 4) is 0 Å². The molecule has 3 aromatic heterocycles. The quantitative estimate of drug-likeness (QED) is 0.113. The van der Waals surface area contributed by atoms with Crippen molar-refractivity contribution >= 4 is 53.2 Å². The van der Waals surface area contributed by atoms with Gasteiger partial charge in [-0.25, -0.2) is 9.59 Å². The normalized spacial score (nSPS) is 14.4. The van der Waals surface area contributed by atoms with Crippen LogP contribution in [0.25, 0.3) is 0 Å². The van der Waals surface area contributed by atoms with Crippen molar-refractivity contribution < 1.29 is 67.1 Å².